The number of carbonyl (C=O) groups excluding carboxylic acids is 2. The number of hydrogen-bond acceptors (Lipinski definition) is 5. The fourth-order valence-corrected chi connectivity index (χ4v) is 3.51. The molecule has 0 aliphatic rings. The van der Waals surface area contributed by atoms with Gasteiger partial charge in [-0.2, -0.15) is 0 Å². The lowest BCUT2D eigenvalue weighted by Crippen LogP contribution is -2.38. The maximum absolute atomic E-state index is 12.2. The normalized spacial score (nSPS) is 10.9. The molecule has 0 atom stereocenters. The minimum atomic E-state index is -0.0789. The van der Waals surface area contributed by atoms with E-state index >= 15 is 0 Å². The first-order valence-corrected chi connectivity index (χ1v) is 10.0. The van der Waals surface area contributed by atoms with Gasteiger partial charge in [0.15, 0.2) is 0 Å². The lowest BCUT2D eigenvalue weighted by atomic mass is 10.2. The topological polar surface area (TPSA) is 65.5 Å². The van der Waals surface area contributed by atoms with Crippen LogP contribution in [0.15, 0.2) is 29.6 Å². The zero-order valence-corrected chi connectivity index (χ0v) is 17.3. The van der Waals surface area contributed by atoms with E-state index in [1.165, 1.54) is 11.3 Å². The van der Waals surface area contributed by atoms with Gasteiger partial charge in [0, 0.05) is 30.7 Å². The SMILES string of the molecule is CCN(CC)C(=O)CN(C)Cc1csc(CC(=O)Nc2ccc(C)cc2)n1. The predicted octanol–water partition coefficient (Wildman–Crippen LogP) is 2.93. The summed E-state index contributed by atoms with van der Waals surface area (Å²) in [6.07, 6.45) is 0.251. The Balaban J connectivity index is 1.84. The number of nitrogens with zero attached hydrogens (tertiary/aromatic N) is 3. The highest BCUT2D eigenvalue weighted by atomic mass is 32.1. The van der Waals surface area contributed by atoms with Gasteiger partial charge in [0.25, 0.3) is 0 Å². The van der Waals surface area contributed by atoms with Crippen molar-refractivity contribution in [2.75, 3.05) is 32.0 Å². The highest BCUT2D eigenvalue weighted by Gasteiger charge is 2.14. The second-order valence-electron chi connectivity index (χ2n) is 6.56. The third-order valence-corrected chi connectivity index (χ3v) is 5.10. The van der Waals surface area contributed by atoms with Crippen LogP contribution in [0.2, 0.25) is 0 Å². The third kappa shape index (κ3) is 6.77. The van der Waals surface area contributed by atoms with E-state index in [0.29, 0.717) is 13.1 Å². The van der Waals surface area contributed by atoms with Gasteiger partial charge in [-0.3, -0.25) is 14.5 Å². The number of likely N-dealkylation sites (N-methyl/N-ethyl adjacent to an activating group) is 2. The Morgan fingerprint density at radius 2 is 1.81 bits per heavy atom. The van der Waals surface area contributed by atoms with Crippen LogP contribution in [-0.4, -0.2) is 53.3 Å². The highest BCUT2D eigenvalue weighted by molar-refractivity contribution is 7.09. The summed E-state index contributed by atoms with van der Waals surface area (Å²) < 4.78 is 0. The van der Waals surface area contributed by atoms with Crippen LogP contribution in [-0.2, 0) is 22.6 Å². The van der Waals surface area contributed by atoms with Crippen molar-refractivity contribution >= 4 is 28.8 Å². The standard InChI is InChI=1S/C20H28N4O2S/c1-5-24(6-2)20(26)13-23(4)12-17-14-27-19(22-17)11-18(25)21-16-9-7-15(3)8-10-16/h7-10,14H,5-6,11-13H2,1-4H3,(H,21,25). The van der Waals surface area contributed by atoms with Gasteiger partial charge >= 0.3 is 0 Å². The summed E-state index contributed by atoms with van der Waals surface area (Å²) in [5.74, 6) is 0.0419. The summed E-state index contributed by atoms with van der Waals surface area (Å²) in [6.45, 7) is 8.37. The van der Waals surface area contributed by atoms with Gasteiger partial charge in [-0.15, -0.1) is 11.3 Å². The van der Waals surface area contributed by atoms with E-state index in [-0.39, 0.29) is 18.2 Å². The van der Waals surface area contributed by atoms with Crippen LogP contribution in [0.25, 0.3) is 0 Å². The number of aryl methyl sites for hydroxylation is 1. The van der Waals surface area contributed by atoms with Crippen molar-refractivity contribution in [1.82, 2.24) is 14.8 Å². The van der Waals surface area contributed by atoms with Crippen LogP contribution >= 0.6 is 11.3 Å². The van der Waals surface area contributed by atoms with E-state index in [9.17, 15) is 9.59 Å². The molecule has 0 saturated heterocycles. The van der Waals surface area contributed by atoms with E-state index < -0.39 is 0 Å². The molecule has 1 aromatic carbocycles. The molecule has 0 spiro atoms. The molecular formula is C20H28N4O2S. The van der Waals surface area contributed by atoms with Gasteiger partial charge in [0.05, 0.1) is 18.7 Å². The fourth-order valence-electron chi connectivity index (χ4n) is 2.72. The minimum absolute atomic E-state index is 0.0789. The number of rotatable bonds is 9. The number of thiazole rings is 1. The van der Waals surface area contributed by atoms with Gasteiger partial charge in [0.1, 0.15) is 5.01 Å². The molecule has 6 nitrogen and oxygen atoms in total. The molecule has 1 heterocycles. The van der Waals surface area contributed by atoms with E-state index in [2.05, 4.69) is 10.3 Å². The Labute approximate surface area is 165 Å². The quantitative estimate of drug-likeness (QED) is 0.717. The second-order valence-corrected chi connectivity index (χ2v) is 7.50. The Bertz CT molecular complexity index is 754. The number of carbonyl (C=O) groups is 2. The first kappa shape index (κ1) is 21.1. The molecule has 2 aromatic rings. The Morgan fingerprint density at radius 1 is 1.15 bits per heavy atom. The number of nitrogens with one attached hydrogen (secondary N) is 1. The van der Waals surface area contributed by atoms with Gasteiger partial charge in [-0.05, 0) is 40.0 Å². The average molecular weight is 389 g/mol. The average Bonchev–Trinajstić information content (AvgIpc) is 3.04. The van der Waals surface area contributed by atoms with Crippen LogP contribution in [0.3, 0.4) is 0 Å². The van der Waals surface area contributed by atoms with Gasteiger partial charge in [-0.25, -0.2) is 4.98 Å². The van der Waals surface area contributed by atoms with Crippen molar-refractivity contribution in [3.8, 4) is 0 Å². The monoisotopic (exact) mass is 388 g/mol. The van der Waals surface area contributed by atoms with Crippen molar-refractivity contribution in [1.29, 1.82) is 0 Å². The molecule has 0 bridgehead atoms. The van der Waals surface area contributed by atoms with Crippen LogP contribution in [0.1, 0.15) is 30.1 Å². The number of aromatic nitrogens is 1. The molecule has 2 rings (SSSR count). The summed E-state index contributed by atoms with van der Waals surface area (Å²) in [5, 5.41) is 5.61. The van der Waals surface area contributed by atoms with Gasteiger partial charge in [0.2, 0.25) is 11.8 Å². The number of amides is 2. The molecule has 0 unspecified atom stereocenters. The molecular weight excluding hydrogens is 360 g/mol. The number of anilines is 1. The minimum Gasteiger partial charge on any atom is -0.342 e. The lowest BCUT2D eigenvalue weighted by molar-refractivity contribution is -0.131. The molecule has 0 aliphatic heterocycles. The summed E-state index contributed by atoms with van der Waals surface area (Å²) in [6, 6.07) is 7.71. The van der Waals surface area contributed by atoms with E-state index in [0.717, 1.165) is 35.0 Å². The molecule has 0 saturated carbocycles. The molecule has 146 valence electrons. The third-order valence-electron chi connectivity index (χ3n) is 4.20. The predicted molar refractivity (Wildman–Crippen MR) is 110 cm³/mol. The van der Waals surface area contributed by atoms with Crippen molar-refractivity contribution < 1.29 is 9.59 Å². The zero-order valence-electron chi connectivity index (χ0n) is 16.5. The Kier molecular flexibility index (Phi) is 7.94. The van der Waals surface area contributed by atoms with Crippen molar-refractivity contribution in [2.24, 2.45) is 0 Å². The molecule has 0 radical (unpaired) electrons. The Hall–Kier alpha value is -2.25. The van der Waals surface area contributed by atoms with Crippen LogP contribution in [0, 0.1) is 6.92 Å². The van der Waals surface area contributed by atoms with Gasteiger partial charge < -0.3 is 10.2 Å². The smallest absolute Gasteiger partial charge is 0.236 e. The van der Waals surface area contributed by atoms with Crippen molar-refractivity contribution in [3.05, 3.63) is 45.9 Å². The zero-order chi connectivity index (χ0) is 19.8. The number of hydrogen-bond donors (Lipinski definition) is 1. The first-order valence-electron chi connectivity index (χ1n) is 9.17. The molecule has 2 amide bonds. The second kappa shape index (κ2) is 10.2. The van der Waals surface area contributed by atoms with E-state index in [1.807, 2.05) is 67.3 Å². The summed E-state index contributed by atoms with van der Waals surface area (Å²) >= 11 is 1.47. The molecule has 0 fully saturated rings. The lowest BCUT2D eigenvalue weighted by Gasteiger charge is -2.22. The van der Waals surface area contributed by atoms with Crippen molar-refractivity contribution in [3.63, 3.8) is 0 Å². The van der Waals surface area contributed by atoms with Crippen molar-refractivity contribution in [2.45, 2.75) is 33.7 Å². The maximum Gasteiger partial charge on any atom is 0.236 e. The molecule has 7 heteroatoms. The highest BCUT2D eigenvalue weighted by Crippen LogP contribution is 2.14. The van der Waals surface area contributed by atoms with E-state index in [1.54, 1.807) is 0 Å². The largest absolute Gasteiger partial charge is 0.342 e. The Morgan fingerprint density at radius 3 is 2.44 bits per heavy atom. The molecule has 1 N–H and O–H groups in total. The van der Waals surface area contributed by atoms with Crippen LogP contribution in [0.5, 0.6) is 0 Å². The maximum atomic E-state index is 12.2. The number of benzene rings is 1. The molecule has 0 aliphatic carbocycles. The fraction of sp³-hybridized carbons (Fsp3) is 0.450. The summed E-state index contributed by atoms with van der Waals surface area (Å²) in [4.78, 5) is 32.6. The summed E-state index contributed by atoms with van der Waals surface area (Å²) in [5.41, 5.74) is 2.83. The van der Waals surface area contributed by atoms with Crippen LogP contribution in [0.4, 0.5) is 5.69 Å². The van der Waals surface area contributed by atoms with E-state index in [4.69, 9.17) is 0 Å². The molecule has 27 heavy (non-hydrogen) atoms. The van der Waals surface area contributed by atoms with Gasteiger partial charge in [-0.1, -0.05) is 17.7 Å². The molecule has 1 aromatic heterocycles. The van der Waals surface area contributed by atoms with Crippen LogP contribution < -0.4 is 5.32 Å². The summed E-state index contributed by atoms with van der Waals surface area (Å²) in [7, 11) is 1.91. The first-order chi connectivity index (χ1) is 12.9.